The van der Waals surface area contributed by atoms with Gasteiger partial charge in [-0.15, -0.1) is 0 Å². The Bertz CT molecular complexity index is 959. The molecule has 9 nitrogen and oxygen atoms in total. The molecule has 0 heterocycles. The molecule has 30 heavy (non-hydrogen) atoms. The molecule has 2 N–H and O–H groups in total. The van der Waals surface area contributed by atoms with Crippen LogP contribution in [0.4, 0.5) is 11.4 Å². The third kappa shape index (κ3) is 6.40. The number of carbonyl (C=O) groups is 3. The summed E-state index contributed by atoms with van der Waals surface area (Å²) in [6, 6.07) is 11.2. The van der Waals surface area contributed by atoms with E-state index in [2.05, 4.69) is 10.6 Å². The van der Waals surface area contributed by atoms with E-state index >= 15 is 0 Å². The van der Waals surface area contributed by atoms with Gasteiger partial charge in [0.1, 0.15) is 5.69 Å². The van der Waals surface area contributed by atoms with Crippen molar-refractivity contribution in [3.8, 4) is 0 Å². The van der Waals surface area contributed by atoms with E-state index in [4.69, 9.17) is 4.74 Å². The van der Waals surface area contributed by atoms with Crippen LogP contribution >= 0.6 is 0 Å². The molecule has 2 amide bonds. The summed E-state index contributed by atoms with van der Waals surface area (Å²) in [7, 11) is 0. The zero-order chi connectivity index (χ0) is 22.3. The molecule has 0 spiro atoms. The van der Waals surface area contributed by atoms with Gasteiger partial charge < -0.3 is 15.4 Å². The summed E-state index contributed by atoms with van der Waals surface area (Å²) in [6.45, 7) is 4.23. The van der Waals surface area contributed by atoms with E-state index in [9.17, 15) is 24.5 Å². The highest BCUT2D eigenvalue weighted by Crippen LogP contribution is 2.27. The quantitative estimate of drug-likeness (QED) is 0.389. The number of hydrogen-bond donors (Lipinski definition) is 2. The summed E-state index contributed by atoms with van der Waals surface area (Å²) >= 11 is 0. The lowest BCUT2D eigenvalue weighted by atomic mass is 10.0. The second kappa shape index (κ2) is 10.1. The Labute approximate surface area is 173 Å². The Morgan fingerprint density at radius 2 is 1.73 bits per heavy atom. The standard InChI is InChI=1S/C21H23N3O6/c1-13-9-18(19(24(28)29)10-14(13)2)23-20(26)12-30-21(27)11-17(22-15(3)25)16-7-5-4-6-8-16/h4-10,17H,11-12H2,1-3H3,(H,22,25)(H,23,26)/t17-/m0/s1. The molecular weight excluding hydrogens is 390 g/mol. The number of nitrogens with zero attached hydrogens (tertiary/aromatic N) is 1. The van der Waals surface area contributed by atoms with Crippen molar-refractivity contribution in [2.24, 2.45) is 0 Å². The van der Waals surface area contributed by atoms with E-state index in [0.717, 1.165) is 16.7 Å². The molecule has 158 valence electrons. The zero-order valence-corrected chi connectivity index (χ0v) is 16.9. The van der Waals surface area contributed by atoms with Crippen molar-refractivity contribution >= 4 is 29.2 Å². The number of nitro benzene ring substituents is 1. The summed E-state index contributed by atoms with van der Waals surface area (Å²) < 4.78 is 4.99. The zero-order valence-electron chi connectivity index (χ0n) is 16.9. The van der Waals surface area contributed by atoms with Gasteiger partial charge in [-0.05, 0) is 36.6 Å². The van der Waals surface area contributed by atoms with Gasteiger partial charge in [-0.25, -0.2) is 0 Å². The average molecular weight is 413 g/mol. The van der Waals surface area contributed by atoms with Crippen LogP contribution in [0, 0.1) is 24.0 Å². The molecule has 1 atom stereocenters. The van der Waals surface area contributed by atoms with Gasteiger partial charge >= 0.3 is 5.97 Å². The van der Waals surface area contributed by atoms with Crippen LogP contribution in [-0.4, -0.2) is 29.3 Å². The fraction of sp³-hybridized carbons (Fsp3) is 0.286. The number of hydrogen-bond acceptors (Lipinski definition) is 6. The van der Waals surface area contributed by atoms with E-state index in [1.165, 1.54) is 19.1 Å². The van der Waals surface area contributed by atoms with Crippen LogP contribution in [-0.2, 0) is 19.1 Å². The Morgan fingerprint density at radius 1 is 1.10 bits per heavy atom. The Balaban J connectivity index is 1.99. The summed E-state index contributed by atoms with van der Waals surface area (Å²) in [5.74, 6) is -1.70. The van der Waals surface area contributed by atoms with Crippen molar-refractivity contribution in [2.45, 2.75) is 33.2 Å². The second-order valence-corrected chi connectivity index (χ2v) is 6.79. The molecule has 0 aliphatic heterocycles. The molecule has 0 radical (unpaired) electrons. The van der Waals surface area contributed by atoms with E-state index in [1.54, 1.807) is 38.1 Å². The fourth-order valence-electron chi connectivity index (χ4n) is 2.79. The molecule has 0 bridgehead atoms. The lowest BCUT2D eigenvalue weighted by Gasteiger charge is -2.17. The molecule has 0 saturated heterocycles. The molecule has 0 saturated carbocycles. The molecule has 2 aromatic carbocycles. The Kier molecular flexibility index (Phi) is 7.62. The number of amides is 2. The summed E-state index contributed by atoms with van der Waals surface area (Å²) in [5, 5.41) is 16.3. The number of carbonyl (C=O) groups excluding carboxylic acids is 3. The lowest BCUT2D eigenvalue weighted by Crippen LogP contribution is -2.29. The highest BCUT2D eigenvalue weighted by Gasteiger charge is 2.21. The minimum Gasteiger partial charge on any atom is -0.455 e. The van der Waals surface area contributed by atoms with Gasteiger partial charge in [0.25, 0.3) is 11.6 Å². The van der Waals surface area contributed by atoms with Crippen molar-refractivity contribution in [3.63, 3.8) is 0 Å². The molecular formula is C21H23N3O6. The summed E-state index contributed by atoms with van der Waals surface area (Å²) in [5.41, 5.74) is 2.00. The van der Waals surface area contributed by atoms with Crippen LogP contribution in [0.15, 0.2) is 42.5 Å². The van der Waals surface area contributed by atoms with Gasteiger partial charge in [-0.2, -0.15) is 0 Å². The lowest BCUT2D eigenvalue weighted by molar-refractivity contribution is -0.384. The molecule has 2 aromatic rings. The van der Waals surface area contributed by atoms with Crippen LogP contribution in [0.25, 0.3) is 0 Å². The second-order valence-electron chi connectivity index (χ2n) is 6.79. The van der Waals surface area contributed by atoms with Gasteiger partial charge in [0, 0.05) is 13.0 Å². The maximum Gasteiger partial charge on any atom is 0.308 e. The SMILES string of the molecule is CC(=O)N[C@@H](CC(=O)OCC(=O)Nc1cc(C)c(C)cc1[N+](=O)[O-])c1ccccc1. The highest BCUT2D eigenvalue weighted by molar-refractivity contribution is 5.95. The molecule has 0 aromatic heterocycles. The van der Waals surface area contributed by atoms with Gasteiger partial charge in [-0.3, -0.25) is 24.5 Å². The van der Waals surface area contributed by atoms with Crippen LogP contribution in [0.2, 0.25) is 0 Å². The largest absolute Gasteiger partial charge is 0.455 e. The summed E-state index contributed by atoms with van der Waals surface area (Å²) in [4.78, 5) is 46.4. The summed E-state index contributed by atoms with van der Waals surface area (Å²) in [6.07, 6.45) is -0.166. The predicted octanol–water partition coefficient (Wildman–Crippen LogP) is 2.96. The first-order chi connectivity index (χ1) is 14.2. The number of benzene rings is 2. The molecule has 0 unspecified atom stereocenters. The van der Waals surface area contributed by atoms with Crippen molar-refractivity contribution in [1.82, 2.24) is 5.32 Å². The molecule has 2 rings (SSSR count). The Morgan fingerprint density at radius 3 is 2.33 bits per heavy atom. The fourth-order valence-corrected chi connectivity index (χ4v) is 2.79. The van der Waals surface area contributed by atoms with Crippen molar-refractivity contribution < 1.29 is 24.0 Å². The van der Waals surface area contributed by atoms with Crippen LogP contribution in [0.3, 0.4) is 0 Å². The maximum absolute atomic E-state index is 12.2. The number of rotatable bonds is 8. The van der Waals surface area contributed by atoms with Gasteiger partial charge in [0.15, 0.2) is 6.61 Å². The average Bonchev–Trinajstić information content (AvgIpc) is 2.68. The number of nitro groups is 1. The minimum absolute atomic E-state index is 0.0320. The van der Waals surface area contributed by atoms with Crippen molar-refractivity contribution in [1.29, 1.82) is 0 Å². The molecule has 0 aliphatic carbocycles. The van der Waals surface area contributed by atoms with Gasteiger partial charge in [0.05, 0.1) is 17.4 Å². The normalized spacial score (nSPS) is 11.3. The minimum atomic E-state index is -0.703. The first-order valence-electron chi connectivity index (χ1n) is 9.20. The predicted molar refractivity (Wildman–Crippen MR) is 110 cm³/mol. The monoisotopic (exact) mass is 413 g/mol. The van der Waals surface area contributed by atoms with Crippen LogP contribution in [0.1, 0.15) is 36.1 Å². The van der Waals surface area contributed by atoms with E-state index in [0.29, 0.717) is 0 Å². The number of aryl methyl sites for hydroxylation is 2. The molecule has 0 aliphatic rings. The van der Waals surface area contributed by atoms with Crippen LogP contribution < -0.4 is 10.6 Å². The Hall–Kier alpha value is -3.75. The van der Waals surface area contributed by atoms with Crippen LogP contribution in [0.5, 0.6) is 0 Å². The van der Waals surface area contributed by atoms with Crippen molar-refractivity contribution in [3.05, 3.63) is 69.3 Å². The molecule has 9 heteroatoms. The van der Waals surface area contributed by atoms with Crippen molar-refractivity contribution in [2.75, 3.05) is 11.9 Å². The third-order valence-corrected chi connectivity index (χ3v) is 4.40. The smallest absolute Gasteiger partial charge is 0.308 e. The first kappa shape index (κ1) is 22.5. The van der Waals surface area contributed by atoms with E-state index in [-0.39, 0.29) is 23.7 Å². The van der Waals surface area contributed by atoms with Gasteiger partial charge in [-0.1, -0.05) is 30.3 Å². The number of ether oxygens (including phenoxy) is 1. The third-order valence-electron chi connectivity index (χ3n) is 4.40. The topological polar surface area (TPSA) is 128 Å². The highest BCUT2D eigenvalue weighted by atomic mass is 16.6. The first-order valence-corrected chi connectivity index (χ1v) is 9.20. The number of anilines is 1. The number of nitrogens with one attached hydrogen (secondary N) is 2. The number of esters is 1. The van der Waals surface area contributed by atoms with E-state index < -0.39 is 29.4 Å². The maximum atomic E-state index is 12.2. The molecule has 0 fully saturated rings. The van der Waals surface area contributed by atoms with E-state index in [1.807, 2.05) is 6.07 Å². The van der Waals surface area contributed by atoms with Gasteiger partial charge in [0.2, 0.25) is 5.91 Å².